The molecule has 7 heteroatoms. The molecule has 136 valence electrons. The van der Waals surface area contributed by atoms with E-state index in [2.05, 4.69) is 20.6 Å². The van der Waals surface area contributed by atoms with Gasteiger partial charge in [-0.15, -0.1) is 0 Å². The van der Waals surface area contributed by atoms with Crippen molar-refractivity contribution in [3.05, 3.63) is 84.4 Å². The summed E-state index contributed by atoms with van der Waals surface area (Å²) >= 11 is 5.54. The van der Waals surface area contributed by atoms with Crippen LogP contribution in [0.15, 0.2) is 73.1 Å². The fraction of sp³-hybridized carbons (Fsp3) is 0.150. The van der Waals surface area contributed by atoms with Gasteiger partial charge in [-0.1, -0.05) is 24.3 Å². The number of amides is 1. The molecule has 1 amide bonds. The lowest BCUT2D eigenvalue weighted by Crippen LogP contribution is -2.37. The monoisotopic (exact) mass is 377 g/mol. The molecule has 3 heterocycles. The van der Waals surface area contributed by atoms with E-state index in [9.17, 15) is 4.79 Å². The molecule has 1 aliphatic heterocycles. The van der Waals surface area contributed by atoms with E-state index in [1.807, 2.05) is 71.8 Å². The number of nitrogens with one attached hydrogen (secondary N) is 3. The first-order chi connectivity index (χ1) is 13.2. The Bertz CT molecular complexity index is 914. The van der Waals surface area contributed by atoms with Crippen molar-refractivity contribution in [1.29, 1.82) is 0 Å². The first-order valence-electron chi connectivity index (χ1n) is 8.68. The highest BCUT2D eigenvalue weighted by Gasteiger charge is 2.41. The second-order valence-corrected chi connectivity index (χ2v) is 6.68. The highest BCUT2D eigenvalue weighted by Crippen LogP contribution is 2.37. The summed E-state index contributed by atoms with van der Waals surface area (Å²) in [6.45, 7) is 0.147. The number of aromatic nitrogens is 2. The third-order valence-corrected chi connectivity index (χ3v) is 4.86. The van der Waals surface area contributed by atoms with Crippen molar-refractivity contribution in [1.82, 2.24) is 20.2 Å². The maximum atomic E-state index is 12.6. The summed E-state index contributed by atoms with van der Waals surface area (Å²) in [6, 6.07) is 18.8. The average molecular weight is 377 g/mol. The van der Waals surface area contributed by atoms with Crippen molar-refractivity contribution < 1.29 is 4.79 Å². The number of benzene rings is 1. The van der Waals surface area contributed by atoms with Gasteiger partial charge in [0.25, 0.3) is 0 Å². The maximum absolute atomic E-state index is 12.6. The van der Waals surface area contributed by atoms with Crippen LogP contribution in [-0.2, 0) is 4.79 Å². The molecule has 0 radical (unpaired) electrons. The molecular weight excluding hydrogens is 358 g/mol. The first kappa shape index (κ1) is 17.2. The molecule has 2 atom stereocenters. The minimum Gasteiger partial charge on any atom is -0.363 e. The molecule has 3 aromatic rings. The fourth-order valence-electron chi connectivity index (χ4n) is 3.32. The Morgan fingerprint density at radius 2 is 1.93 bits per heavy atom. The molecule has 0 unspecified atom stereocenters. The van der Waals surface area contributed by atoms with E-state index in [0.717, 1.165) is 17.1 Å². The molecule has 4 rings (SSSR count). The zero-order valence-corrected chi connectivity index (χ0v) is 15.3. The molecule has 3 N–H and O–H groups in total. The van der Waals surface area contributed by atoms with Crippen molar-refractivity contribution >= 4 is 28.9 Å². The highest BCUT2D eigenvalue weighted by atomic mass is 32.1. The summed E-state index contributed by atoms with van der Waals surface area (Å²) in [7, 11) is 0. The number of carbonyl (C=O) groups excluding carboxylic acids is 1. The van der Waals surface area contributed by atoms with Crippen molar-refractivity contribution in [2.45, 2.75) is 12.1 Å². The first-order valence-corrected chi connectivity index (χ1v) is 9.09. The van der Waals surface area contributed by atoms with E-state index in [-0.39, 0.29) is 24.5 Å². The van der Waals surface area contributed by atoms with E-state index in [1.165, 1.54) is 0 Å². The van der Waals surface area contributed by atoms with Crippen LogP contribution in [0, 0.1) is 0 Å². The zero-order chi connectivity index (χ0) is 18.6. The van der Waals surface area contributed by atoms with Gasteiger partial charge in [0, 0.05) is 23.8 Å². The molecule has 1 saturated heterocycles. The number of nitrogens with zero attached hydrogens (tertiary/aromatic N) is 2. The quantitative estimate of drug-likeness (QED) is 0.596. The van der Waals surface area contributed by atoms with Gasteiger partial charge in [-0.2, -0.15) is 0 Å². The third kappa shape index (κ3) is 3.68. The Labute approximate surface area is 162 Å². The van der Waals surface area contributed by atoms with Crippen LogP contribution in [0.4, 0.5) is 5.69 Å². The third-order valence-electron chi connectivity index (χ3n) is 4.51. The Hall–Kier alpha value is -3.19. The molecule has 0 aliphatic carbocycles. The summed E-state index contributed by atoms with van der Waals surface area (Å²) in [5, 5.41) is 6.77. The number of thiocarbonyl (C=S) groups is 1. The number of pyridine rings is 1. The van der Waals surface area contributed by atoms with E-state index in [1.54, 1.807) is 6.20 Å². The largest absolute Gasteiger partial charge is 0.363 e. The Balaban J connectivity index is 1.58. The predicted octanol–water partition coefficient (Wildman–Crippen LogP) is 3.02. The number of para-hydroxylation sites is 1. The number of hydrogen-bond acceptors (Lipinski definition) is 3. The number of aromatic amines is 1. The van der Waals surface area contributed by atoms with Crippen LogP contribution in [0.1, 0.15) is 23.5 Å². The average Bonchev–Trinajstić information content (AvgIpc) is 3.32. The van der Waals surface area contributed by atoms with Crippen molar-refractivity contribution in [3.63, 3.8) is 0 Å². The Morgan fingerprint density at radius 3 is 2.63 bits per heavy atom. The number of hydrogen-bond donors (Lipinski definition) is 3. The van der Waals surface area contributed by atoms with Crippen LogP contribution in [0.5, 0.6) is 0 Å². The molecule has 1 aliphatic rings. The van der Waals surface area contributed by atoms with Gasteiger partial charge in [-0.25, -0.2) is 0 Å². The lowest BCUT2D eigenvalue weighted by atomic mass is 10.0. The van der Waals surface area contributed by atoms with Gasteiger partial charge in [-0.3, -0.25) is 9.78 Å². The van der Waals surface area contributed by atoms with E-state index in [0.29, 0.717) is 5.11 Å². The lowest BCUT2D eigenvalue weighted by Gasteiger charge is -2.26. The minimum atomic E-state index is -0.149. The summed E-state index contributed by atoms with van der Waals surface area (Å²) in [5.74, 6) is -0.122. The fourth-order valence-corrected chi connectivity index (χ4v) is 3.62. The molecule has 27 heavy (non-hydrogen) atoms. The smallest absolute Gasteiger partial charge is 0.244 e. The molecule has 6 nitrogen and oxygen atoms in total. The number of H-pyrrole nitrogens is 1. The molecule has 0 spiro atoms. The Kier molecular flexibility index (Phi) is 4.84. The summed E-state index contributed by atoms with van der Waals surface area (Å²) in [4.78, 5) is 22.2. The maximum Gasteiger partial charge on any atom is 0.244 e. The SMILES string of the molecule is O=C(CN1C(=S)N[C@H](c2ccccn2)[C@H]1c1ccc[nH]1)Nc1ccccc1. The van der Waals surface area contributed by atoms with Gasteiger partial charge in [0.2, 0.25) is 5.91 Å². The van der Waals surface area contributed by atoms with E-state index >= 15 is 0 Å². The van der Waals surface area contributed by atoms with Gasteiger partial charge < -0.3 is 20.5 Å². The molecule has 1 aromatic carbocycles. The zero-order valence-electron chi connectivity index (χ0n) is 14.5. The molecule has 0 bridgehead atoms. The van der Waals surface area contributed by atoms with Crippen LogP contribution < -0.4 is 10.6 Å². The summed E-state index contributed by atoms with van der Waals surface area (Å²) < 4.78 is 0. The van der Waals surface area contributed by atoms with Crippen molar-refractivity contribution in [2.75, 3.05) is 11.9 Å². The van der Waals surface area contributed by atoms with Crippen LogP contribution >= 0.6 is 12.2 Å². The van der Waals surface area contributed by atoms with Gasteiger partial charge in [0.15, 0.2) is 5.11 Å². The second-order valence-electron chi connectivity index (χ2n) is 6.29. The minimum absolute atomic E-state index is 0.122. The molecule has 1 fully saturated rings. The number of rotatable bonds is 5. The second kappa shape index (κ2) is 7.59. The highest BCUT2D eigenvalue weighted by molar-refractivity contribution is 7.80. The Morgan fingerprint density at radius 1 is 1.11 bits per heavy atom. The lowest BCUT2D eigenvalue weighted by molar-refractivity contribution is -0.116. The van der Waals surface area contributed by atoms with E-state index in [4.69, 9.17) is 12.2 Å². The van der Waals surface area contributed by atoms with Gasteiger partial charge in [0.05, 0.1) is 17.8 Å². The van der Waals surface area contributed by atoms with Crippen LogP contribution in [0.2, 0.25) is 0 Å². The predicted molar refractivity (Wildman–Crippen MR) is 108 cm³/mol. The number of anilines is 1. The molecule has 2 aromatic heterocycles. The van der Waals surface area contributed by atoms with Crippen molar-refractivity contribution in [3.8, 4) is 0 Å². The molecule has 0 saturated carbocycles. The van der Waals surface area contributed by atoms with Crippen molar-refractivity contribution in [2.24, 2.45) is 0 Å². The number of carbonyl (C=O) groups is 1. The summed E-state index contributed by atoms with van der Waals surface area (Å²) in [6.07, 6.45) is 3.63. The topological polar surface area (TPSA) is 73.0 Å². The van der Waals surface area contributed by atoms with Crippen LogP contribution in [0.3, 0.4) is 0 Å². The van der Waals surface area contributed by atoms with Crippen LogP contribution in [0.25, 0.3) is 0 Å². The van der Waals surface area contributed by atoms with Gasteiger partial charge in [0.1, 0.15) is 6.54 Å². The van der Waals surface area contributed by atoms with E-state index < -0.39 is 0 Å². The van der Waals surface area contributed by atoms with Gasteiger partial charge in [-0.05, 0) is 48.6 Å². The normalized spacial score (nSPS) is 19.0. The summed E-state index contributed by atoms with van der Waals surface area (Å²) in [5.41, 5.74) is 2.62. The standard InChI is InChI=1S/C20H19N5OS/c26-17(23-14-7-2-1-3-8-14)13-25-19(16-10-6-12-22-16)18(24-20(25)27)15-9-4-5-11-21-15/h1-12,18-19,22H,13H2,(H,23,26)(H,24,27)/t18-,19-/m1/s1. The van der Waals surface area contributed by atoms with Crippen LogP contribution in [-0.4, -0.2) is 32.4 Å². The molecular formula is C20H19N5OS. The van der Waals surface area contributed by atoms with Gasteiger partial charge >= 0.3 is 0 Å².